The van der Waals surface area contributed by atoms with Crippen LogP contribution >= 0.6 is 0 Å². The Morgan fingerprint density at radius 2 is 1.96 bits per heavy atom. The molecule has 0 radical (unpaired) electrons. The van der Waals surface area contributed by atoms with Gasteiger partial charge in [-0.05, 0) is 42.2 Å². The number of aromatic nitrogens is 3. The molecule has 26 heavy (non-hydrogen) atoms. The second kappa shape index (κ2) is 6.37. The summed E-state index contributed by atoms with van der Waals surface area (Å²) in [6.07, 6.45) is 7.03. The molecule has 132 valence electrons. The van der Waals surface area contributed by atoms with E-state index in [2.05, 4.69) is 15.4 Å². The van der Waals surface area contributed by atoms with Gasteiger partial charge < -0.3 is 5.32 Å². The number of nitrogens with zero attached hydrogens (tertiary/aromatic N) is 3. The number of carbonyl (C=O) groups excluding carboxylic acids is 1. The number of aryl methyl sites for hydroxylation is 1. The summed E-state index contributed by atoms with van der Waals surface area (Å²) in [4.78, 5) is 17.1. The van der Waals surface area contributed by atoms with Crippen molar-refractivity contribution in [3.63, 3.8) is 0 Å². The molecule has 1 saturated carbocycles. The fraction of sp³-hybridized carbons (Fsp3) is 0.250. The standard InChI is InChI=1S/C20H19FN4O/c1-25-13-15(12-24-25)18-7-2-14(10-22-18)11-23-19(26)20(8-9-20)16-3-5-17(21)6-4-16/h2-7,10,12-13H,8-9,11H2,1H3,(H,23,26). The highest BCUT2D eigenvalue weighted by atomic mass is 19.1. The van der Waals surface area contributed by atoms with E-state index in [-0.39, 0.29) is 11.7 Å². The van der Waals surface area contributed by atoms with Crippen LogP contribution in [0, 0.1) is 5.82 Å². The normalized spacial score (nSPS) is 14.8. The van der Waals surface area contributed by atoms with Crippen LogP contribution in [0.15, 0.2) is 55.0 Å². The molecule has 6 heteroatoms. The van der Waals surface area contributed by atoms with Crippen molar-refractivity contribution in [3.8, 4) is 11.3 Å². The van der Waals surface area contributed by atoms with Crippen LogP contribution in [0.3, 0.4) is 0 Å². The number of halogens is 1. The molecule has 1 amide bonds. The fourth-order valence-electron chi connectivity index (χ4n) is 3.15. The maximum Gasteiger partial charge on any atom is 0.230 e. The number of benzene rings is 1. The maximum atomic E-state index is 13.1. The smallest absolute Gasteiger partial charge is 0.230 e. The van der Waals surface area contributed by atoms with E-state index >= 15 is 0 Å². The number of carbonyl (C=O) groups is 1. The van der Waals surface area contributed by atoms with Crippen molar-refractivity contribution in [2.45, 2.75) is 24.8 Å². The highest BCUT2D eigenvalue weighted by Gasteiger charge is 2.51. The van der Waals surface area contributed by atoms with Gasteiger partial charge in [-0.25, -0.2) is 4.39 Å². The first-order valence-corrected chi connectivity index (χ1v) is 8.55. The predicted octanol–water partition coefficient (Wildman–Crippen LogP) is 2.97. The second-order valence-electron chi connectivity index (χ2n) is 6.73. The minimum Gasteiger partial charge on any atom is -0.351 e. The van der Waals surface area contributed by atoms with E-state index in [1.165, 1.54) is 12.1 Å². The molecule has 2 aromatic heterocycles. The molecule has 1 fully saturated rings. The molecule has 0 bridgehead atoms. The summed E-state index contributed by atoms with van der Waals surface area (Å²) in [7, 11) is 1.86. The Balaban J connectivity index is 1.41. The minimum atomic E-state index is -0.503. The summed E-state index contributed by atoms with van der Waals surface area (Å²) < 4.78 is 14.8. The van der Waals surface area contributed by atoms with Crippen LogP contribution in [0.1, 0.15) is 24.0 Å². The number of hydrogen-bond donors (Lipinski definition) is 1. The van der Waals surface area contributed by atoms with E-state index in [9.17, 15) is 9.18 Å². The van der Waals surface area contributed by atoms with E-state index < -0.39 is 5.41 Å². The van der Waals surface area contributed by atoms with Crippen molar-refractivity contribution in [1.82, 2.24) is 20.1 Å². The second-order valence-corrected chi connectivity index (χ2v) is 6.73. The summed E-state index contributed by atoms with van der Waals surface area (Å²) in [5, 5.41) is 7.13. The lowest BCUT2D eigenvalue weighted by molar-refractivity contribution is -0.123. The lowest BCUT2D eigenvalue weighted by Crippen LogP contribution is -2.34. The molecule has 5 nitrogen and oxygen atoms in total. The Hall–Kier alpha value is -3.02. The first-order valence-electron chi connectivity index (χ1n) is 8.55. The molecule has 4 rings (SSSR count). The van der Waals surface area contributed by atoms with Gasteiger partial charge in [0, 0.05) is 31.5 Å². The molecule has 1 aliphatic carbocycles. The summed E-state index contributed by atoms with van der Waals surface area (Å²) in [6, 6.07) is 10.1. The molecule has 0 atom stereocenters. The molecule has 1 N–H and O–H groups in total. The highest BCUT2D eigenvalue weighted by molar-refractivity contribution is 5.91. The third-order valence-electron chi connectivity index (χ3n) is 4.86. The predicted molar refractivity (Wildman–Crippen MR) is 95.6 cm³/mol. The van der Waals surface area contributed by atoms with Crippen molar-refractivity contribution < 1.29 is 9.18 Å². The van der Waals surface area contributed by atoms with Gasteiger partial charge in [-0.3, -0.25) is 14.5 Å². The topological polar surface area (TPSA) is 59.8 Å². The van der Waals surface area contributed by atoms with Crippen LogP contribution in [0.2, 0.25) is 0 Å². The molecular formula is C20H19FN4O. The molecule has 1 aromatic carbocycles. The van der Waals surface area contributed by atoms with E-state index in [0.29, 0.717) is 6.54 Å². The zero-order valence-electron chi connectivity index (χ0n) is 14.4. The van der Waals surface area contributed by atoms with Crippen molar-refractivity contribution >= 4 is 5.91 Å². The number of pyridine rings is 1. The van der Waals surface area contributed by atoms with Gasteiger partial charge in [-0.1, -0.05) is 18.2 Å². The van der Waals surface area contributed by atoms with Gasteiger partial charge in [0.25, 0.3) is 0 Å². The van der Waals surface area contributed by atoms with Crippen molar-refractivity contribution in [2.24, 2.45) is 7.05 Å². The minimum absolute atomic E-state index is 0.0135. The molecule has 0 unspecified atom stereocenters. The molecule has 1 aliphatic rings. The number of hydrogen-bond acceptors (Lipinski definition) is 3. The van der Waals surface area contributed by atoms with E-state index in [1.54, 1.807) is 29.2 Å². The largest absolute Gasteiger partial charge is 0.351 e. The lowest BCUT2D eigenvalue weighted by Gasteiger charge is -2.16. The number of rotatable bonds is 5. The Kier molecular flexibility index (Phi) is 4.03. The van der Waals surface area contributed by atoms with Crippen molar-refractivity contribution in [2.75, 3.05) is 0 Å². The Morgan fingerprint density at radius 1 is 1.19 bits per heavy atom. The third-order valence-corrected chi connectivity index (χ3v) is 4.86. The van der Waals surface area contributed by atoms with Crippen LogP contribution in [0.4, 0.5) is 4.39 Å². The van der Waals surface area contributed by atoms with Gasteiger partial charge in [-0.15, -0.1) is 0 Å². The van der Waals surface area contributed by atoms with Crippen LogP contribution in [-0.4, -0.2) is 20.7 Å². The van der Waals surface area contributed by atoms with Gasteiger partial charge in [0.2, 0.25) is 5.91 Å². The van der Waals surface area contributed by atoms with Crippen molar-refractivity contribution in [1.29, 1.82) is 0 Å². The van der Waals surface area contributed by atoms with E-state index in [1.807, 2.05) is 25.4 Å². The number of amides is 1. The monoisotopic (exact) mass is 350 g/mol. The summed E-state index contributed by atoms with van der Waals surface area (Å²) in [6.45, 7) is 0.419. The molecule has 0 spiro atoms. The van der Waals surface area contributed by atoms with Crippen LogP contribution in [-0.2, 0) is 23.8 Å². The van der Waals surface area contributed by atoms with Gasteiger partial charge in [0.1, 0.15) is 5.82 Å². The molecule has 0 aliphatic heterocycles. The molecule has 3 aromatic rings. The molecular weight excluding hydrogens is 331 g/mol. The molecule has 2 heterocycles. The average Bonchev–Trinajstić information content (AvgIpc) is 3.36. The van der Waals surface area contributed by atoms with Gasteiger partial charge in [0.15, 0.2) is 0 Å². The van der Waals surface area contributed by atoms with Crippen LogP contribution in [0.25, 0.3) is 11.3 Å². The summed E-state index contributed by atoms with van der Waals surface area (Å²) in [5.41, 5.74) is 3.10. The van der Waals surface area contributed by atoms with Crippen molar-refractivity contribution in [3.05, 3.63) is 71.9 Å². The SMILES string of the molecule is Cn1cc(-c2ccc(CNC(=O)C3(c4ccc(F)cc4)CC3)cn2)cn1. The van der Waals surface area contributed by atoms with Crippen LogP contribution < -0.4 is 5.32 Å². The van der Waals surface area contributed by atoms with Gasteiger partial charge in [0.05, 0.1) is 17.3 Å². The first-order chi connectivity index (χ1) is 12.6. The number of nitrogens with one attached hydrogen (secondary N) is 1. The van der Waals surface area contributed by atoms with Crippen LogP contribution in [0.5, 0.6) is 0 Å². The van der Waals surface area contributed by atoms with Gasteiger partial charge >= 0.3 is 0 Å². The fourth-order valence-corrected chi connectivity index (χ4v) is 3.15. The Labute approximate surface area is 150 Å². The van der Waals surface area contributed by atoms with Gasteiger partial charge in [-0.2, -0.15) is 5.10 Å². The highest BCUT2D eigenvalue weighted by Crippen LogP contribution is 2.48. The Morgan fingerprint density at radius 3 is 2.54 bits per heavy atom. The summed E-state index contributed by atoms with van der Waals surface area (Å²) >= 11 is 0. The van der Waals surface area contributed by atoms with E-state index in [0.717, 1.165) is 35.2 Å². The summed E-state index contributed by atoms with van der Waals surface area (Å²) in [5.74, 6) is -0.301. The zero-order valence-corrected chi connectivity index (χ0v) is 14.4. The third kappa shape index (κ3) is 3.10. The Bertz CT molecular complexity index is 927. The maximum absolute atomic E-state index is 13.1. The molecule has 0 saturated heterocycles. The zero-order chi connectivity index (χ0) is 18.1. The first kappa shape index (κ1) is 16.4. The van der Waals surface area contributed by atoms with E-state index in [4.69, 9.17) is 0 Å². The quantitative estimate of drug-likeness (QED) is 0.770. The average molecular weight is 350 g/mol. The lowest BCUT2D eigenvalue weighted by atomic mass is 9.95.